The van der Waals surface area contributed by atoms with Crippen LogP contribution in [-0.2, 0) is 19.2 Å². The second kappa shape index (κ2) is 11.5. The molecule has 4 aliphatic rings. The first kappa shape index (κ1) is 28.6. The molecule has 40 heavy (non-hydrogen) atoms. The minimum atomic E-state index is -1.13. The van der Waals surface area contributed by atoms with E-state index in [2.05, 4.69) is 16.0 Å². The Morgan fingerprint density at radius 2 is 1.95 bits per heavy atom. The van der Waals surface area contributed by atoms with E-state index in [9.17, 15) is 24.3 Å². The fraction of sp³-hybridized carbons (Fsp3) is 0.571. The van der Waals surface area contributed by atoms with Crippen LogP contribution < -0.4 is 21.7 Å². The number of hydrogen-bond acceptors (Lipinski definition) is 8. The molecule has 3 amide bonds. The Morgan fingerprint density at radius 1 is 1.23 bits per heavy atom. The number of aliphatic carboxylic acids is 1. The first-order chi connectivity index (χ1) is 19.1. The van der Waals surface area contributed by atoms with E-state index >= 15 is 0 Å². The first-order valence-corrected chi connectivity index (χ1v) is 14.8. The van der Waals surface area contributed by atoms with Crippen molar-refractivity contribution in [1.29, 1.82) is 0 Å². The molecule has 11 nitrogen and oxygen atoms in total. The number of nitrogens with zero attached hydrogens (tertiary/aromatic N) is 2. The van der Waals surface area contributed by atoms with Crippen molar-refractivity contribution in [3.63, 3.8) is 0 Å². The molecule has 6 N–H and O–H groups in total. The van der Waals surface area contributed by atoms with Crippen molar-refractivity contribution in [3.05, 3.63) is 46.5 Å². The lowest BCUT2D eigenvalue weighted by Gasteiger charge is -2.47. The Labute approximate surface area is 238 Å². The van der Waals surface area contributed by atoms with Crippen LogP contribution in [0.25, 0.3) is 0 Å². The van der Waals surface area contributed by atoms with Crippen LogP contribution in [0, 0.1) is 11.8 Å². The van der Waals surface area contributed by atoms with Gasteiger partial charge in [-0.15, -0.1) is 11.8 Å². The number of thioether (sulfide) groups is 1. The number of carboxylic acids is 1. The van der Waals surface area contributed by atoms with Gasteiger partial charge in [-0.05, 0) is 32.4 Å². The SMILES string of the molecule is CNCC(=O)N[C@H](C)[C@H]1C(=O)N2C(C(=O)O)=C(S[C@@H]3CN[C@H](C(=O)N4C[C@@H](N)C[C@H]4c4ccccc4)C3)[C@H](C)[C@H]12. The zero-order valence-electron chi connectivity index (χ0n) is 23.0. The third-order valence-electron chi connectivity index (χ3n) is 8.54. The molecule has 0 saturated carbocycles. The van der Waals surface area contributed by atoms with Gasteiger partial charge in [-0.3, -0.25) is 14.4 Å². The smallest absolute Gasteiger partial charge is 0.353 e. The van der Waals surface area contributed by atoms with Gasteiger partial charge in [0, 0.05) is 41.2 Å². The number of carbonyl (C=O) groups is 4. The van der Waals surface area contributed by atoms with Crippen molar-refractivity contribution in [3.8, 4) is 0 Å². The average molecular weight is 571 g/mol. The number of benzene rings is 1. The fourth-order valence-corrected chi connectivity index (χ4v) is 8.19. The Bertz CT molecular complexity index is 1210. The predicted octanol–water partition coefficient (Wildman–Crippen LogP) is 0.248. The highest BCUT2D eigenvalue weighted by atomic mass is 32.2. The van der Waals surface area contributed by atoms with Gasteiger partial charge in [-0.25, -0.2) is 4.79 Å². The van der Waals surface area contributed by atoms with Crippen LogP contribution in [0.2, 0.25) is 0 Å². The van der Waals surface area contributed by atoms with Crippen molar-refractivity contribution >= 4 is 35.5 Å². The van der Waals surface area contributed by atoms with Gasteiger partial charge in [0.1, 0.15) is 5.70 Å². The van der Waals surface area contributed by atoms with Gasteiger partial charge < -0.3 is 36.6 Å². The van der Waals surface area contributed by atoms with E-state index in [1.165, 1.54) is 16.7 Å². The van der Waals surface area contributed by atoms with Gasteiger partial charge in [-0.1, -0.05) is 37.3 Å². The quantitative estimate of drug-likeness (QED) is 0.263. The van der Waals surface area contributed by atoms with Crippen LogP contribution in [0.1, 0.15) is 38.3 Å². The van der Waals surface area contributed by atoms with E-state index in [0.29, 0.717) is 30.8 Å². The number of β-lactam (4-membered cyclic amide) rings is 1. The normalized spacial score (nSPS) is 32.2. The average Bonchev–Trinajstić information content (AvgIpc) is 3.60. The van der Waals surface area contributed by atoms with Crippen LogP contribution >= 0.6 is 11.8 Å². The zero-order chi connectivity index (χ0) is 28.7. The van der Waals surface area contributed by atoms with Crippen LogP contribution in [-0.4, -0.2) is 94.7 Å². The van der Waals surface area contributed by atoms with Crippen molar-refractivity contribution in [2.24, 2.45) is 17.6 Å². The Hall–Kier alpha value is -2.93. The van der Waals surface area contributed by atoms with Crippen LogP contribution in [0.4, 0.5) is 0 Å². The molecule has 0 radical (unpaired) electrons. The van der Waals surface area contributed by atoms with Crippen molar-refractivity contribution in [2.45, 2.75) is 62.1 Å². The van der Waals surface area contributed by atoms with Gasteiger partial charge in [0.15, 0.2) is 0 Å². The molecule has 8 atom stereocenters. The van der Waals surface area contributed by atoms with E-state index in [4.69, 9.17) is 5.73 Å². The van der Waals surface area contributed by atoms with Crippen LogP contribution in [0.15, 0.2) is 40.9 Å². The lowest BCUT2D eigenvalue weighted by atomic mass is 9.78. The lowest BCUT2D eigenvalue weighted by Crippen LogP contribution is -2.66. The number of nitrogens with one attached hydrogen (secondary N) is 3. The molecular formula is C28H38N6O5S. The van der Waals surface area contributed by atoms with Crippen LogP contribution in [0.3, 0.4) is 0 Å². The van der Waals surface area contributed by atoms with Crippen LogP contribution in [0.5, 0.6) is 0 Å². The minimum absolute atomic E-state index is 0.0157. The van der Waals surface area contributed by atoms with Crippen molar-refractivity contribution in [1.82, 2.24) is 25.8 Å². The standard InChI is InChI=1S/C28H38N6O5S/c1-14-23-22(15(2)32-21(35)12-30-3)27(37)34(23)24(28(38)39)25(14)40-18-10-19(31-11-18)26(36)33-13-17(29)9-20(33)16-7-5-4-6-8-16/h4-8,14-15,17-20,22-23,30-31H,9-13,29H2,1-3H3,(H,32,35)(H,38,39)/t14-,15-,17+,18+,19+,20+,22-,23-/m1/s1. The Balaban J connectivity index is 1.26. The summed E-state index contributed by atoms with van der Waals surface area (Å²) in [7, 11) is 1.67. The summed E-state index contributed by atoms with van der Waals surface area (Å²) in [4.78, 5) is 55.1. The van der Waals surface area contributed by atoms with Gasteiger partial charge in [0.2, 0.25) is 17.7 Å². The van der Waals surface area contributed by atoms with Gasteiger partial charge >= 0.3 is 5.97 Å². The molecule has 1 aromatic rings. The Morgan fingerprint density at radius 3 is 2.62 bits per heavy atom. The minimum Gasteiger partial charge on any atom is -0.477 e. The monoisotopic (exact) mass is 570 g/mol. The number of nitrogens with two attached hydrogens (primary N) is 1. The van der Waals surface area contributed by atoms with Crippen molar-refractivity contribution in [2.75, 3.05) is 26.7 Å². The highest BCUT2D eigenvalue weighted by molar-refractivity contribution is 8.03. The zero-order valence-corrected chi connectivity index (χ0v) is 23.8. The van der Waals surface area contributed by atoms with E-state index in [0.717, 1.165) is 5.56 Å². The number of hydrogen-bond donors (Lipinski definition) is 5. The lowest BCUT2D eigenvalue weighted by molar-refractivity contribution is -0.158. The summed E-state index contributed by atoms with van der Waals surface area (Å²) >= 11 is 1.46. The summed E-state index contributed by atoms with van der Waals surface area (Å²) in [6.45, 7) is 4.93. The second-order valence-electron chi connectivity index (χ2n) is 11.3. The molecule has 0 unspecified atom stereocenters. The molecular weight excluding hydrogens is 532 g/mol. The summed E-state index contributed by atoms with van der Waals surface area (Å²) in [5.74, 6) is -2.30. The number of carbonyl (C=O) groups excluding carboxylic acids is 3. The second-order valence-corrected chi connectivity index (χ2v) is 12.6. The summed E-state index contributed by atoms with van der Waals surface area (Å²) in [5.41, 5.74) is 7.37. The van der Waals surface area contributed by atoms with Gasteiger partial charge in [0.05, 0.1) is 30.6 Å². The van der Waals surface area contributed by atoms with E-state index in [1.807, 2.05) is 42.2 Å². The maximum absolute atomic E-state index is 13.6. The van der Waals surface area contributed by atoms with E-state index < -0.39 is 17.9 Å². The topological polar surface area (TPSA) is 157 Å². The number of likely N-dealkylation sites (N-methyl/N-ethyl adjacent to an activating group) is 1. The molecule has 0 spiro atoms. The number of likely N-dealkylation sites (tertiary alicyclic amines) is 1. The Kier molecular flexibility index (Phi) is 8.23. The summed E-state index contributed by atoms with van der Waals surface area (Å²) in [5, 5.41) is 19.1. The number of rotatable bonds is 9. The van der Waals surface area contributed by atoms with Gasteiger partial charge in [0.25, 0.3) is 0 Å². The molecule has 0 aromatic heterocycles. The van der Waals surface area contributed by atoms with E-state index in [1.54, 1.807) is 14.0 Å². The largest absolute Gasteiger partial charge is 0.477 e. The maximum Gasteiger partial charge on any atom is 0.353 e. The number of carboxylic acid groups (broad SMARTS) is 1. The first-order valence-electron chi connectivity index (χ1n) is 13.9. The summed E-state index contributed by atoms with van der Waals surface area (Å²) in [6, 6.07) is 8.67. The molecule has 0 aliphatic carbocycles. The summed E-state index contributed by atoms with van der Waals surface area (Å²) < 4.78 is 0. The molecule has 1 aromatic carbocycles. The highest BCUT2D eigenvalue weighted by Gasteiger charge is 2.60. The number of amides is 3. The number of fused-ring (bicyclic) bond motifs is 1. The molecule has 216 valence electrons. The third-order valence-corrected chi connectivity index (χ3v) is 10.1. The highest BCUT2D eigenvalue weighted by Crippen LogP contribution is 2.52. The predicted molar refractivity (Wildman–Crippen MR) is 151 cm³/mol. The molecule has 4 aliphatic heterocycles. The molecule has 0 bridgehead atoms. The third kappa shape index (κ3) is 5.13. The summed E-state index contributed by atoms with van der Waals surface area (Å²) in [6.07, 6.45) is 1.27. The van der Waals surface area contributed by atoms with Gasteiger partial charge in [-0.2, -0.15) is 0 Å². The molecule has 4 heterocycles. The fourth-order valence-electron chi connectivity index (χ4n) is 6.72. The molecule has 3 fully saturated rings. The molecule has 3 saturated heterocycles. The maximum atomic E-state index is 13.6. The molecule has 12 heteroatoms. The van der Waals surface area contributed by atoms with E-state index in [-0.39, 0.29) is 65.3 Å². The molecule has 5 rings (SSSR count). The van der Waals surface area contributed by atoms with Crippen molar-refractivity contribution < 1.29 is 24.3 Å².